The van der Waals surface area contributed by atoms with Crippen LogP contribution in [0, 0.1) is 23.5 Å². The number of nitrogens with one attached hydrogen (secondary N) is 3. The first-order valence-electron chi connectivity index (χ1n) is 29.3. The van der Waals surface area contributed by atoms with Crippen molar-refractivity contribution in [1.82, 2.24) is 59.5 Å². The van der Waals surface area contributed by atoms with Gasteiger partial charge in [-0.2, -0.15) is 29.2 Å². The second-order valence-corrected chi connectivity index (χ2v) is 22.2. The minimum absolute atomic E-state index is 0. The molecule has 2 aliphatic carbocycles. The number of carbonyl (C=O) groups excluding carboxylic acids is 5. The molecule has 0 bridgehead atoms. The maximum atomic E-state index is 14.8. The van der Waals surface area contributed by atoms with Gasteiger partial charge in [-0.15, -0.1) is 22.7 Å². The molecule has 95 heavy (non-hydrogen) atoms. The molecule has 27 nitrogen and oxygen atoms in total. The van der Waals surface area contributed by atoms with Gasteiger partial charge in [0.2, 0.25) is 11.9 Å². The monoisotopic (exact) mass is 1630 g/mol. The van der Waals surface area contributed by atoms with Gasteiger partial charge in [-0.1, -0.05) is 11.6 Å². The van der Waals surface area contributed by atoms with E-state index in [1.165, 1.54) is 33.6 Å². The average molecular weight is 1630 g/mol. The van der Waals surface area contributed by atoms with Gasteiger partial charge in [0.25, 0.3) is 18.3 Å². The molecule has 2 fully saturated rings. The number of halogens is 6. The number of nitrogens with zero attached hydrogens (tertiary/aromatic N) is 11. The molecular weight excluding hydrogens is 1560 g/mol. The van der Waals surface area contributed by atoms with Crippen LogP contribution in [0.1, 0.15) is 129 Å². The van der Waals surface area contributed by atoms with Crippen LogP contribution in [0.15, 0.2) is 72.2 Å². The molecule has 37 heteroatoms. The van der Waals surface area contributed by atoms with Gasteiger partial charge in [0.1, 0.15) is 44.2 Å². The number of thiazole rings is 2. The van der Waals surface area contributed by atoms with E-state index < -0.39 is 54.8 Å². The van der Waals surface area contributed by atoms with E-state index in [1.807, 2.05) is 13.8 Å². The molecular formula is C58H68ClCs2F5N14O13S2. The first-order valence-corrected chi connectivity index (χ1v) is 30.9. The zero-order valence-electron chi connectivity index (χ0n) is 55.0. The molecule has 3 N–H and O–H groups in total. The second kappa shape index (κ2) is 42.9. The molecule has 8 heterocycles. The van der Waals surface area contributed by atoms with E-state index in [2.05, 4.69) is 70.4 Å². The SMILES string of the molecule is CC(C)OC(=O)OCCl.CCOC1CCC(n2cc(NC(=O)c3csc(-c4cn[nH]c4)n3)c(-c3nc(F)ccc3F)n2)CC1.CCOC1CCC(n2cc(NC(=O)c3csc(-c4cnn(COC(=O)OC(C)C)c4)n3)c(-c3nc(F)ccc3F)n2)CC1.O=CO[O-].[2H]CF.[Cs+].[Cs+].[H-]. The van der Waals surface area contributed by atoms with Gasteiger partial charge < -0.3 is 50.6 Å². The Kier molecular flexibility index (Phi) is 36.6. The Balaban J connectivity index is 0.000000407. The molecule has 0 unspecified atom stereocenters. The second-order valence-electron chi connectivity index (χ2n) is 20.2. The molecule has 8 aromatic heterocycles. The Labute approximate surface area is 675 Å². The van der Waals surface area contributed by atoms with Crippen LogP contribution in [0.4, 0.5) is 42.9 Å². The Morgan fingerprint density at radius 3 is 1.55 bits per heavy atom. The van der Waals surface area contributed by atoms with E-state index in [9.17, 15) is 41.1 Å². The molecule has 0 aromatic carbocycles. The number of ether oxygens (including phenoxy) is 6. The quantitative estimate of drug-likeness (QED) is 0.0160. The Morgan fingerprint density at radius 1 is 0.705 bits per heavy atom. The fourth-order valence-electron chi connectivity index (χ4n) is 9.21. The van der Waals surface area contributed by atoms with Crippen molar-refractivity contribution in [2.24, 2.45) is 0 Å². The molecule has 0 spiro atoms. The largest absolute Gasteiger partial charge is 1.00 e. The Bertz CT molecular complexity index is 3700. The summed E-state index contributed by atoms with van der Waals surface area (Å²) in [6.07, 6.45) is 14.7. The summed E-state index contributed by atoms with van der Waals surface area (Å²) in [4.78, 5) is 75.6. The normalized spacial score (nSPS) is 15.5. The van der Waals surface area contributed by atoms with Crippen molar-refractivity contribution in [1.29, 1.82) is 0 Å². The van der Waals surface area contributed by atoms with Crippen molar-refractivity contribution >= 4 is 76.2 Å². The van der Waals surface area contributed by atoms with Crippen LogP contribution >= 0.6 is 34.3 Å². The van der Waals surface area contributed by atoms with Gasteiger partial charge in [-0.3, -0.25) is 33.2 Å². The summed E-state index contributed by atoms with van der Waals surface area (Å²) in [5.74, 6) is -4.26. The number of amides is 2. The van der Waals surface area contributed by atoms with Gasteiger partial charge in [0, 0.05) is 59.9 Å². The maximum absolute atomic E-state index is 14.8. The molecule has 0 radical (unpaired) electrons. The maximum Gasteiger partial charge on any atom is 1.00 e. The van der Waals surface area contributed by atoms with Crippen molar-refractivity contribution in [3.8, 4) is 43.9 Å². The van der Waals surface area contributed by atoms with Gasteiger partial charge in [0.15, 0.2) is 24.4 Å². The summed E-state index contributed by atoms with van der Waals surface area (Å²) in [6, 6.07) is 3.71. The van der Waals surface area contributed by atoms with Crippen molar-refractivity contribution in [3.05, 3.63) is 107 Å². The first kappa shape index (κ1) is 81.0. The summed E-state index contributed by atoms with van der Waals surface area (Å²) in [5.41, 5.74) is 1.59. The Hall–Kier alpha value is -4.73. The molecule has 0 atom stereocenters. The number of carbonyl (C=O) groups is 5. The zero-order chi connectivity index (χ0) is 68.3. The molecule has 0 aliphatic heterocycles. The standard InChI is InChI=1S/C28H31F2N7O5S.C23H23F2N7O2S.C5H9ClO3.CH3F.CH2O3.2Cs.H/c1-4-40-19-7-5-18(6-8-19)37-13-21(25(35-37)24-20(29)9-10-23(30)34-24)32-26(38)22-14-43-27(33-22)17-11-31-36(12-17)15-41-28(39)42-16(2)3;1-2-34-15-5-3-14(4-6-15)32-11-17(21(31-32)20-16(24)7-8-19(25)30-20)28-22(33)18-12-35-23(29-18)13-9-26-27-10-13;1-4(2)9-5(7)8-3-6;1-2;2-1-4-3;;;/h9-14,16,18-19H,4-8,15H2,1-3H3,(H,32,38);7-12,14-15H,2-6H2,1H3,(H,26,27)(H,28,33);4H,3H2,1-2H3;1H3;1,3H;;;/q;;;;;2*+1;-1/p-1/i;;;1D;;;;. The topological polar surface area (TPSA) is 331 Å². The number of aromatic amines is 1. The van der Waals surface area contributed by atoms with Crippen molar-refractivity contribution in [3.63, 3.8) is 0 Å². The number of alkyl halides is 2. The summed E-state index contributed by atoms with van der Waals surface area (Å²) < 4.78 is 108. The summed E-state index contributed by atoms with van der Waals surface area (Å²) >= 11 is 7.57. The summed E-state index contributed by atoms with van der Waals surface area (Å²) in [7, 11) is -1.00. The third-order valence-corrected chi connectivity index (χ3v) is 15.1. The number of aromatic nitrogens is 12. The number of hydrogen-bond acceptors (Lipinski definition) is 23. The van der Waals surface area contributed by atoms with E-state index in [-0.39, 0.29) is 241 Å². The molecule has 2 aliphatic rings. The van der Waals surface area contributed by atoms with E-state index >= 15 is 0 Å². The molecule has 10 rings (SSSR count). The van der Waals surface area contributed by atoms with Gasteiger partial charge in [0.05, 0.1) is 68.8 Å². The number of pyridine rings is 2. The smallest absolute Gasteiger partial charge is 1.00 e. The van der Waals surface area contributed by atoms with Crippen LogP contribution < -0.4 is 154 Å². The van der Waals surface area contributed by atoms with Gasteiger partial charge in [-0.25, -0.2) is 43.0 Å². The molecule has 8 aromatic rings. The number of anilines is 2. The van der Waals surface area contributed by atoms with Crippen LogP contribution in [0.5, 0.6) is 0 Å². The molecule has 0 saturated heterocycles. The fraction of sp³-hybridized carbons (Fsp3) is 0.431. The van der Waals surface area contributed by atoms with Gasteiger partial charge >= 0.3 is 150 Å². The molecule has 504 valence electrons. The first-order chi connectivity index (χ1) is 45.2. The fourth-order valence-corrected chi connectivity index (χ4v) is 10.9. The van der Waals surface area contributed by atoms with E-state index in [0.29, 0.717) is 28.8 Å². The van der Waals surface area contributed by atoms with Crippen LogP contribution in [-0.2, 0) is 44.8 Å². The third kappa shape index (κ3) is 25.8. The number of hydrogen-bond donors (Lipinski definition) is 3. The minimum atomic E-state index is -1.00. The predicted octanol–water partition coefficient (Wildman–Crippen LogP) is 5.56. The van der Waals surface area contributed by atoms with E-state index in [0.717, 1.165) is 81.2 Å². The predicted molar refractivity (Wildman–Crippen MR) is 327 cm³/mol. The van der Waals surface area contributed by atoms with Gasteiger partial charge in [-0.05, 0) is 117 Å². The van der Waals surface area contributed by atoms with E-state index in [4.69, 9.17) is 42.0 Å². The van der Waals surface area contributed by atoms with E-state index in [1.54, 1.807) is 78.8 Å². The van der Waals surface area contributed by atoms with Crippen molar-refractivity contribution in [2.45, 2.75) is 136 Å². The van der Waals surface area contributed by atoms with Crippen LogP contribution in [0.3, 0.4) is 0 Å². The zero-order valence-corrected chi connectivity index (χ0v) is 67.9. The average Bonchev–Trinajstić information content (AvgIpc) is 1.68. The third-order valence-electron chi connectivity index (χ3n) is 13.2. The minimum Gasteiger partial charge on any atom is -1.00 e. The number of H-pyrrole nitrogens is 1. The Morgan fingerprint density at radius 2 is 1.15 bits per heavy atom. The van der Waals surface area contributed by atoms with Crippen molar-refractivity contribution in [2.75, 3.05) is 37.1 Å². The van der Waals surface area contributed by atoms with Crippen LogP contribution in [0.25, 0.3) is 43.9 Å². The summed E-state index contributed by atoms with van der Waals surface area (Å²) in [5, 5.41) is 38.1. The molecule has 2 amide bonds. The van der Waals surface area contributed by atoms with Crippen LogP contribution in [-0.4, -0.2) is 141 Å². The van der Waals surface area contributed by atoms with Crippen molar-refractivity contribution < 1.29 is 225 Å². The molecule has 2 saturated carbocycles. The number of rotatable bonds is 20. The summed E-state index contributed by atoms with van der Waals surface area (Å²) in [6.45, 7) is 11.8. The van der Waals surface area contributed by atoms with Crippen LogP contribution in [0.2, 0.25) is 0 Å².